The van der Waals surface area contributed by atoms with Crippen molar-refractivity contribution in [2.75, 3.05) is 12.3 Å². The number of hydrogen-bond acceptors (Lipinski definition) is 3. The second kappa shape index (κ2) is 13.1. The highest BCUT2D eigenvalue weighted by atomic mass is 32.2. The number of aryl methyl sites for hydroxylation is 3. The minimum atomic E-state index is -0.577. The van der Waals surface area contributed by atoms with E-state index in [2.05, 4.69) is 43.4 Å². The van der Waals surface area contributed by atoms with Gasteiger partial charge in [0.15, 0.2) is 0 Å². The van der Waals surface area contributed by atoms with E-state index in [4.69, 9.17) is 0 Å². The molecule has 3 aromatic carbocycles. The Morgan fingerprint density at radius 1 is 0.829 bits per heavy atom. The normalized spacial score (nSPS) is 11.7. The smallest absolute Gasteiger partial charge is 0.243 e. The van der Waals surface area contributed by atoms with E-state index in [0.717, 1.165) is 22.4 Å². The van der Waals surface area contributed by atoms with Gasteiger partial charge >= 0.3 is 0 Å². The predicted octanol–water partition coefficient (Wildman–Crippen LogP) is 5.62. The van der Waals surface area contributed by atoms with Crippen LogP contribution in [0, 0.1) is 20.8 Å². The van der Waals surface area contributed by atoms with E-state index in [1.807, 2.05) is 62.4 Å². The van der Waals surface area contributed by atoms with Crippen molar-refractivity contribution in [3.05, 3.63) is 106 Å². The Morgan fingerprint density at radius 3 is 2.14 bits per heavy atom. The molecule has 0 heterocycles. The first-order chi connectivity index (χ1) is 16.9. The van der Waals surface area contributed by atoms with Gasteiger partial charge in [-0.15, -0.1) is 11.8 Å². The van der Waals surface area contributed by atoms with Gasteiger partial charge in [-0.2, -0.15) is 0 Å². The Hall–Kier alpha value is -3.05. The molecule has 5 heteroatoms. The van der Waals surface area contributed by atoms with E-state index in [1.54, 1.807) is 16.7 Å². The van der Waals surface area contributed by atoms with Crippen LogP contribution in [0.3, 0.4) is 0 Å². The molecular weight excluding hydrogens is 452 g/mol. The fraction of sp³-hybridized carbons (Fsp3) is 0.333. The zero-order chi connectivity index (χ0) is 25.2. The predicted molar refractivity (Wildman–Crippen MR) is 146 cm³/mol. The highest BCUT2D eigenvalue weighted by molar-refractivity contribution is 7.99. The highest BCUT2D eigenvalue weighted by Gasteiger charge is 2.30. The summed E-state index contributed by atoms with van der Waals surface area (Å²) in [5, 5.41) is 2.95. The molecule has 0 aliphatic rings. The molecular formula is C30H36N2O2S. The average molecular weight is 489 g/mol. The number of hydrogen-bond donors (Lipinski definition) is 1. The summed E-state index contributed by atoms with van der Waals surface area (Å²) in [6.07, 6.45) is 0.478. The zero-order valence-electron chi connectivity index (χ0n) is 21.2. The standard InChI is InChI=1S/C30H36N2O2S/c1-5-31-30(34)28(18-25-11-7-6-8-12-25)32(19-26-13-9-10-22(2)15-26)29(33)21-35-20-27-16-23(3)14-24(4)17-27/h6-17,28H,5,18-21H2,1-4H3,(H,31,34)/t28-/m1/s1. The van der Waals surface area contributed by atoms with Crippen LogP contribution in [-0.2, 0) is 28.3 Å². The number of carbonyl (C=O) groups is 2. The lowest BCUT2D eigenvalue weighted by atomic mass is 10.0. The van der Waals surface area contributed by atoms with E-state index < -0.39 is 6.04 Å². The Kier molecular flexibility index (Phi) is 9.98. The first-order valence-electron chi connectivity index (χ1n) is 12.2. The SMILES string of the molecule is CCNC(=O)[C@@H](Cc1ccccc1)N(Cc1cccc(C)c1)C(=O)CSCc1cc(C)cc(C)c1. The molecule has 0 spiro atoms. The zero-order valence-corrected chi connectivity index (χ0v) is 22.0. The van der Waals surface area contributed by atoms with Gasteiger partial charge in [-0.3, -0.25) is 9.59 Å². The molecule has 184 valence electrons. The summed E-state index contributed by atoms with van der Waals surface area (Å²) in [4.78, 5) is 28.6. The maximum Gasteiger partial charge on any atom is 0.243 e. The van der Waals surface area contributed by atoms with Crippen molar-refractivity contribution >= 4 is 23.6 Å². The highest BCUT2D eigenvalue weighted by Crippen LogP contribution is 2.20. The molecule has 0 bridgehead atoms. The first-order valence-corrected chi connectivity index (χ1v) is 13.3. The fourth-order valence-corrected chi connectivity index (χ4v) is 5.19. The monoisotopic (exact) mass is 488 g/mol. The largest absolute Gasteiger partial charge is 0.355 e. The average Bonchev–Trinajstić information content (AvgIpc) is 2.81. The molecule has 0 saturated heterocycles. The third-order valence-corrected chi connectivity index (χ3v) is 6.82. The quantitative estimate of drug-likeness (QED) is 0.381. The first kappa shape index (κ1) is 26.6. The van der Waals surface area contributed by atoms with Gasteiger partial charge in [-0.25, -0.2) is 0 Å². The number of nitrogens with one attached hydrogen (secondary N) is 1. The van der Waals surface area contributed by atoms with Crippen molar-refractivity contribution in [3.8, 4) is 0 Å². The van der Waals surface area contributed by atoms with Gasteiger partial charge in [-0.05, 0) is 44.4 Å². The van der Waals surface area contributed by atoms with Crippen molar-refractivity contribution in [2.45, 2.75) is 52.5 Å². The van der Waals surface area contributed by atoms with Crippen LogP contribution < -0.4 is 5.32 Å². The van der Waals surface area contributed by atoms with E-state index in [-0.39, 0.29) is 11.8 Å². The van der Waals surface area contributed by atoms with Crippen LogP contribution in [0.2, 0.25) is 0 Å². The van der Waals surface area contributed by atoms with E-state index in [9.17, 15) is 9.59 Å². The van der Waals surface area contributed by atoms with Crippen LogP contribution >= 0.6 is 11.8 Å². The fourth-order valence-electron chi connectivity index (χ4n) is 4.34. The lowest BCUT2D eigenvalue weighted by molar-refractivity contribution is -0.139. The van der Waals surface area contributed by atoms with Gasteiger partial charge in [0.1, 0.15) is 6.04 Å². The number of amides is 2. The third-order valence-electron chi connectivity index (χ3n) is 5.83. The number of benzene rings is 3. The number of nitrogens with zero attached hydrogens (tertiary/aromatic N) is 1. The van der Waals surface area contributed by atoms with Crippen molar-refractivity contribution in [1.82, 2.24) is 10.2 Å². The third kappa shape index (κ3) is 8.29. The molecule has 0 aliphatic carbocycles. The van der Waals surface area contributed by atoms with E-state index >= 15 is 0 Å². The molecule has 35 heavy (non-hydrogen) atoms. The molecule has 4 nitrogen and oxygen atoms in total. The topological polar surface area (TPSA) is 49.4 Å². The maximum atomic E-state index is 13.6. The van der Waals surface area contributed by atoms with Crippen molar-refractivity contribution in [1.29, 1.82) is 0 Å². The van der Waals surface area contributed by atoms with Gasteiger partial charge in [0.25, 0.3) is 0 Å². The Labute approximate surface area is 214 Å². The van der Waals surface area contributed by atoms with E-state index in [0.29, 0.717) is 25.3 Å². The number of rotatable bonds is 11. The van der Waals surface area contributed by atoms with Crippen LogP contribution in [-0.4, -0.2) is 35.1 Å². The molecule has 0 aromatic heterocycles. The molecule has 3 aromatic rings. The lowest BCUT2D eigenvalue weighted by Crippen LogP contribution is -2.51. The van der Waals surface area contributed by atoms with Crippen molar-refractivity contribution in [2.24, 2.45) is 0 Å². The lowest BCUT2D eigenvalue weighted by Gasteiger charge is -2.31. The molecule has 0 radical (unpaired) electrons. The second-order valence-corrected chi connectivity index (χ2v) is 10.1. The van der Waals surface area contributed by atoms with Crippen LogP contribution in [0.25, 0.3) is 0 Å². The minimum Gasteiger partial charge on any atom is -0.355 e. The van der Waals surface area contributed by atoms with Crippen LogP contribution in [0.15, 0.2) is 72.8 Å². The number of likely N-dealkylation sites (N-methyl/N-ethyl adjacent to an activating group) is 1. The van der Waals surface area contributed by atoms with Crippen LogP contribution in [0.4, 0.5) is 0 Å². The molecule has 0 fully saturated rings. The van der Waals surface area contributed by atoms with Gasteiger partial charge < -0.3 is 10.2 Å². The minimum absolute atomic E-state index is 0.0203. The van der Waals surface area contributed by atoms with E-state index in [1.165, 1.54) is 16.7 Å². The molecule has 3 rings (SSSR count). The van der Waals surface area contributed by atoms with Gasteiger partial charge in [0.05, 0.1) is 5.75 Å². The molecule has 0 saturated carbocycles. The van der Waals surface area contributed by atoms with Gasteiger partial charge in [0, 0.05) is 25.3 Å². The number of carbonyl (C=O) groups excluding carboxylic acids is 2. The summed E-state index contributed by atoms with van der Waals surface area (Å²) < 4.78 is 0. The summed E-state index contributed by atoms with van der Waals surface area (Å²) in [7, 11) is 0. The maximum absolute atomic E-state index is 13.6. The summed E-state index contributed by atoms with van der Waals surface area (Å²) in [5.74, 6) is 0.949. The summed E-state index contributed by atoms with van der Waals surface area (Å²) >= 11 is 1.60. The van der Waals surface area contributed by atoms with Crippen molar-refractivity contribution < 1.29 is 9.59 Å². The van der Waals surface area contributed by atoms with Crippen LogP contribution in [0.1, 0.15) is 40.3 Å². The molecule has 0 aliphatic heterocycles. The number of thioether (sulfide) groups is 1. The van der Waals surface area contributed by atoms with Crippen LogP contribution in [0.5, 0.6) is 0 Å². The van der Waals surface area contributed by atoms with Gasteiger partial charge in [0.2, 0.25) is 11.8 Å². The van der Waals surface area contributed by atoms with Crippen molar-refractivity contribution in [3.63, 3.8) is 0 Å². The van der Waals surface area contributed by atoms with Gasteiger partial charge in [-0.1, -0.05) is 89.5 Å². The molecule has 0 unspecified atom stereocenters. The summed E-state index contributed by atoms with van der Waals surface area (Å²) in [6, 6.07) is 24.0. The summed E-state index contributed by atoms with van der Waals surface area (Å²) in [6.45, 7) is 9.06. The summed E-state index contributed by atoms with van der Waals surface area (Å²) in [5.41, 5.74) is 6.87. The second-order valence-electron chi connectivity index (χ2n) is 9.10. The molecule has 1 N–H and O–H groups in total. The Balaban J connectivity index is 1.83. The molecule has 1 atom stereocenters. The Bertz CT molecular complexity index is 1110. The Morgan fingerprint density at radius 2 is 1.49 bits per heavy atom. The molecule has 2 amide bonds.